The molecular formula is C15H16BrNO5. The molecule has 1 unspecified atom stereocenters. The highest BCUT2D eigenvalue weighted by atomic mass is 79.9. The van der Waals surface area contributed by atoms with E-state index in [9.17, 15) is 19.5 Å². The lowest BCUT2D eigenvalue weighted by atomic mass is 9.73. The summed E-state index contributed by atoms with van der Waals surface area (Å²) in [5, 5.41) is 19.3. The molecule has 0 aromatic heterocycles. The van der Waals surface area contributed by atoms with Crippen molar-refractivity contribution >= 4 is 33.8 Å². The third-order valence-electron chi connectivity index (χ3n) is 4.04. The molecule has 2 rings (SSSR count). The summed E-state index contributed by atoms with van der Waals surface area (Å²) >= 11 is 3.34. The van der Waals surface area contributed by atoms with Gasteiger partial charge in [-0.1, -0.05) is 40.2 Å². The zero-order valence-electron chi connectivity index (χ0n) is 11.8. The van der Waals surface area contributed by atoms with Gasteiger partial charge in [-0.3, -0.25) is 9.59 Å². The third kappa shape index (κ3) is 2.99. The predicted octanol–water partition coefficient (Wildman–Crippen LogP) is 2.15. The Morgan fingerprint density at radius 3 is 2.41 bits per heavy atom. The van der Waals surface area contributed by atoms with Crippen molar-refractivity contribution in [2.45, 2.75) is 18.2 Å². The van der Waals surface area contributed by atoms with Crippen molar-refractivity contribution in [2.24, 2.45) is 5.41 Å². The van der Waals surface area contributed by atoms with Crippen LogP contribution < -0.4 is 0 Å². The second kappa shape index (κ2) is 6.48. The molecule has 1 aromatic rings. The number of ketones is 1. The normalized spacial score (nSPS) is 21.7. The lowest BCUT2D eigenvalue weighted by molar-refractivity contribution is -0.158. The number of hydrogen-bond acceptors (Lipinski definition) is 3. The van der Waals surface area contributed by atoms with Crippen LogP contribution in [-0.4, -0.2) is 46.0 Å². The Hall–Kier alpha value is -1.89. The van der Waals surface area contributed by atoms with Gasteiger partial charge in [-0.2, -0.15) is 0 Å². The number of likely N-dealkylation sites (tertiary alicyclic amines) is 1. The van der Waals surface area contributed by atoms with E-state index in [1.807, 2.05) is 12.1 Å². The number of rotatable bonds is 4. The fourth-order valence-electron chi connectivity index (χ4n) is 2.73. The minimum absolute atomic E-state index is 0.00722. The highest BCUT2D eigenvalue weighted by molar-refractivity contribution is 9.08. The maximum absolute atomic E-state index is 12.3. The highest BCUT2D eigenvalue weighted by Gasteiger charge is 2.50. The lowest BCUT2D eigenvalue weighted by Crippen LogP contribution is -2.56. The largest absolute Gasteiger partial charge is 0.480 e. The summed E-state index contributed by atoms with van der Waals surface area (Å²) in [6.07, 6.45) is -1.28. The van der Waals surface area contributed by atoms with Crippen LogP contribution in [0.3, 0.4) is 0 Å². The molecule has 6 nitrogen and oxygen atoms in total. The summed E-state index contributed by atoms with van der Waals surface area (Å²) in [6.45, 7) is -0.267. The number of aliphatic carboxylic acids is 1. The highest BCUT2D eigenvalue weighted by Crippen LogP contribution is 2.33. The smallest absolute Gasteiger partial charge is 0.407 e. The van der Waals surface area contributed by atoms with Gasteiger partial charge in [0.25, 0.3) is 0 Å². The summed E-state index contributed by atoms with van der Waals surface area (Å²) in [6, 6.07) is 7.23. The molecule has 1 atom stereocenters. The van der Waals surface area contributed by atoms with E-state index in [4.69, 9.17) is 5.11 Å². The van der Waals surface area contributed by atoms with Crippen LogP contribution in [0.4, 0.5) is 4.79 Å². The second-order valence-electron chi connectivity index (χ2n) is 5.34. The van der Waals surface area contributed by atoms with E-state index in [1.165, 1.54) is 0 Å². The standard InChI is InChI=1S/C15H16BrNO5/c16-8-11-4-2-1-3-10(11)7-15(13(19)20)9-17(14(21)22)6-5-12(15)18/h1-4H,5-9H2,(H,19,20)(H,21,22). The molecule has 1 aliphatic heterocycles. The van der Waals surface area contributed by atoms with Gasteiger partial charge in [-0.25, -0.2) is 4.79 Å². The summed E-state index contributed by atoms with van der Waals surface area (Å²) in [4.78, 5) is 36.3. The van der Waals surface area contributed by atoms with Crippen LogP contribution in [0.5, 0.6) is 0 Å². The Morgan fingerprint density at radius 1 is 1.23 bits per heavy atom. The number of benzene rings is 1. The number of carboxylic acid groups (broad SMARTS) is 2. The summed E-state index contributed by atoms with van der Waals surface area (Å²) in [7, 11) is 0. The van der Waals surface area contributed by atoms with Gasteiger partial charge in [0.2, 0.25) is 0 Å². The van der Waals surface area contributed by atoms with Gasteiger partial charge < -0.3 is 15.1 Å². The van der Waals surface area contributed by atoms with Crippen molar-refractivity contribution < 1.29 is 24.6 Å². The Balaban J connectivity index is 2.41. The number of amides is 1. The van der Waals surface area contributed by atoms with Gasteiger partial charge >= 0.3 is 12.1 Å². The maximum Gasteiger partial charge on any atom is 0.407 e. The first-order valence-corrected chi connectivity index (χ1v) is 7.90. The van der Waals surface area contributed by atoms with Crippen molar-refractivity contribution in [3.63, 3.8) is 0 Å². The molecule has 22 heavy (non-hydrogen) atoms. The van der Waals surface area contributed by atoms with Crippen molar-refractivity contribution in [1.29, 1.82) is 0 Å². The molecular weight excluding hydrogens is 354 g/mol. The van der Waals surface area contributed by atoms with Crippen LogP contribution in [0.1, 0.15) is 17.5 Å². The molecule has 0 bridgehead atoms. The van der Waals surface area contributed by atoms with Gasteiger partial charge in [0, 0.05) is 24.8 Å². The zero-order valence-corrected chi connectivity index (χ0v) is 13.4. The number of Topliss-reactive ketones (excluding diaryl/α,β-unsaturated/α-hetero) is 1. The van der Waals surface area contributed by atoms with E-state index < -0.39 is 23.3 Å². The minimum Gasteiger partial charge on any atom is -0.480 e. The second-order valence-corrected chi connectivity index (χ2v) is 5.90. The van der Waals surface area contributed by atoms with Gasteiger partial charge in [0.05, 0.1) is 0 Å². The first-order chi connectivity index (χ1) is 10.4. The van der Waals surface area contributed by atoms with Crippen molar-refractivity contribution in [1.82, 2.24) is 4.90 Å². The summed E-state index contributed by atoms with van der Waals surface area (Å²) in [5.41, 5.74) is -0.0831. The average molecular weight is 370 g/mol. The zero-order chi connectivity index (χ0) is 16.3. The maximum atomic E-state index is 12.3. The Labute approximate surface area is 135 Å². The number of carbonyl (C=O) groups excluding carboxylic acids is 1. The molecule has 1 amide bonds. The molecule has 0 aliphatic carbocycles. The van der Waals surface area contributed by atoms with Gasteiger partial charge in [0.15, 0.2) is 5.78 Å². The van der Waals surface area contributed by atoms with E-state index >= 15 is 0 Å². The van der Waals surface area contributed by atoms with E-state index in [0.717, 1.165) is 16.0 Å². The van der Waals surface area contributed by atoms with Crippen LogP contribution >= 0.6 is 15.9 Å². The van der Waals surface area contributed by atoms with Crippen LogP contribution in [0.15, 0.2) is 24.3 Å². The van der Waals surface area contributed by atoms with Crippen LogP contribution in [0, 0.1) is 5.41 Å². The van der Waals surface area contributed by atoms with E-state index in [-0.39, 0.29) is 25.9 Å². The summed E-state index contributed by atoms with van der Waals surface area (Å²) < 4.78 is 0. The van der Waals surface area contributed by atoms with Crippen molar-refractivity contribution in [3.05, 3.63) is 35.4 Å². The van der Waals surface area contributed by atoms with Crippen LogP contribution in [0.2, 0.25) is 0 Å². The van der Waals surface area contributed by atoms with Crippen LogP contribution in [0.25, 0.3) is 0 Å². The number of halogens is 1. The van der Waals surface area contributed by atoms with Crippen LogP contribution in [-0.2, 0) is 21.3 Å². The fourth-order valence-corrected chi connectivity index (χ4v) is 3.28. The van der Waals surface area contributed by atoms with E-state index in [1.54, 1.807) is 12.1 Å². The molecule has 1 saturated heterocycles. The average Bonchev–Trinajstić information content (AvgIpc) is 2.49. The fraction of sp³-hybridized carbons (Fsp3) is 0.400. The molecule has 2 N–H and O–H groups in total. The lowest BCUT2D eigenvalue weighted by Gasteiger charge is -2.37. The quantitative estimate of drug-likeness (QED) is 0.626. The van der Waals surface area contributed by atoms with Gasteiger partial charge in [0.1, 0.15) is 5.41 Å². The molecule has 1 aromatic carbocycles. The summed E-state index contributed by atoms with van der Waals surface area (Å²) in [5.74, 6) is -1.69. The molecule has 0 saturated carbocycles. The first kappa shape index (κ1) is 16.5. The van der Waals surface area contributed by atoms with E-state index in [2.05, 4.69) is 15.9 Å². The number of piperidine rings is 1. The number of hydrogen-bond donors (Lipinski definition) is 2. The van der Waals surface area contributed by atoms with Crippen molar-refractivity contribution in [2.75, 3.05) is 13.1 Å². The molecule has 1 heterocycles. The Kier molecular flexibility index (Phi) is 4.85. The predicted molar refractivity (Wildman–Crippen MR) is 82.1 cm³/mol. The number of nitrogens with zero attached hydrogens (tertiary/aromatic N) is 1. The molecule has 0 spiro atoms. The molecule has 1 fully saturated rings. The topological polar surface area (TPSA) is 94.9 Å². The molecule has 7 heteroatoms. The number of carboxylic acids is 1. The number of alkyl halides is 1. The molecule has 118 valence electrons. The first-order valence-electron chi connectivity index (χ1n) is 6.78. The Bertz CT molecular complexity index is 618. The monoisotopic (exact) mass is 369 g/mol. The van der Waals surface area contributed by atoms with Crippen molar-refractivity contribution in [3.8, 4) is 0 Å². The van der Waals surface area contributed by atoms with Gasteiger partial charge in [-0.05, 0) is 17.5 Å². The van der Waals surface area contributed by atoms with E-state index in [0.29, 0.717) is 5.33 Å². The molecule has 0 radical (unpaired) electrons. The SMILES string of the molecule is O=C(O)N1CCC(=O)C(Cc2ccccc2CBr)(C(=O)O)C1. The minimum atomic E-state index is -1.71. The van der Waals surface area contributed by atoms with Gasteiger partial charge in [-0.15, -0.1) is 0 Å². The Morgan fingerprint density at radius 2 is 1.86 bits per heavy atom. The number of carbonyl (C=O) groups is 3. The third-order valence-corrected chi connectivity index (χ3v) is 4.64. The molecule has 1 aliphatic rings.